The number of esters is 1. The molecule has 3 heterocycles. The van der Waals surface area contributed by atoms with E-state index in [-0.39, 0.29) is 23.2 Å². The molecule has 0 atom stereocenters. The number of alkyl halides is 3. The average molecular weight is 812 g/mol. The van der Waals surface area contributed by atoms with Crippen LogP contribution in [-0.2, 0) is 26.9 Å². The highest BCUT2D eigenvalue weighted by molar-refractivity contribution is 7.81. The molecule has 0 bridgehead atoms. The molecule has 4 aromatic carbocycles. The van der Waals surface area contributed by atoms with E-state index < -0.39 is 28.7 Å². The minimum absolute atomic E-state index is 0.0391. The van der Waals surface area contributed by atoms with E-state index in [4.69, 9.17) is 26.1 Å². The van der Waals surface area contributed by atoms with Crippen molar-refractivity contribution >= 4 is 68.0 Å². The van der Waals surface area contributed by atoms with Crippen LogP contribution in [0.25, 0.3) is 21.7 Å². The normalized spacial score (nSPS) is 16.1. The molecule has 5 aromatic rings. The van der Waals surface area contributed by atoms with Crippen molar-refractivity contribution in [3.63, 3.8) is 0 Å². The number of halogens is 3. The largest absolute Gasteiger partial charge is 0.494 e. The second kappa shape index (κ2) is 16.7. The number of fused-ring (bicyclic) bond motifs is 3. The molecule has 302 valence electrons. The first-order chi connectivity index (χ1) is 27.8. The molecule has 1 aromatic heterocycles. The van der Waals surface area contributed by atoms with Crippen molar-refractivity contribution < 1.29 is 36.7 Å². The van der Waals surface area contributed by atoms with Gasteiger partial charge in [-0.15, -0.1) is 0 Å². The Kier molecular flexibility index (Phi) is 11.7. The number of nitrogens with zero attached hydrogens (tertiary/aromatic N) is 5. The summed E-state index contributed by atoms with van der Waals surface area (Å²) in [5.41, 5.74) is 0.394. The Hall–Kier alpha value is -5.65. The summed E-state index contributed by atoms with van der Waals surface area (Å²) >= 11 is 5.69. The summed E-state index contributed by atoms with van der Waals surface area (Å²) in [5.74, 6) is 0.0629. The van der Waals surface area contributed by atoms with E-state index in [1.165, 1.54) is 6.07 Å². The molecule has 0 aliphatic carbocycles. The second-order valence-electron chi connectivity index (χ2n) is 15.0. The summed E-state index contributed by atoms with van der Waals surface area (Å²) in [5, 5.41) is 12.2. The first kappa shape index (κ1) is 40.5. The zero-order valence-electron chi connectivity index (χ0n) is 32.6. The number of carbonyl (C=O) groups is 2. The molecule has 0 radical (unpaired) electrons. The van der Waals surface area contributed by atoms with Gasteiger partial charge in [0, 0.05) is 48.5 Å². The molecule has 0 N–H and O–H groups in total. The van der Waals surface area contributed by atoms with Crippen LogP contribution in [0.2, 0.25) is 0 Å². The maximum atomic E-state index is 13.7. The van der Waals surface area contributed by atoms with E-state index in [9.17, 15) is 28.0 Å². The summed E-state index contributed by atoms with van der Waals surface area (Å²) in [7, 11) is 0. The van der Waals surface area contributed by atoms with Crippen molar-refractivity contribution in [2.45, 2.75) is 58.2 Å². The predicted octanol–water partition coefficient (Wildman–Crippen LogP) is 8.87. The SMILES string of the molecule is CCOC(=O)Cc1coc2ccc3cc(OCCCCCN4CCN(c5ccc(N6C(=S)N(c7ccc(C#N)c(C(F)(F)F)c7)C(=O)C6(C)C)cc5)CC4)ccc3c12. The Labute approximate surface area is 340 Å². The maximum Gasteiger partial charge on any atom is 0.417 e. The summed E-state index contributed by atoms with van der Waals surface area (Å²) in [6.45, 7) is 10.7. The van der Waals surface area contributed by atoms with Crippen LogP contribution < -0.4 is 19.4 Å². The molecule has 10 nitrogen and oxygen atoms in total. The van der Waals surface area contributed by atoms with Gasteiger partial charge in [-0.2, -0.15) is 18.4 Å². The summed E-state index contributed by atoms with van der Waals surface area (Å²) in [6.07, 6.45) is 0.0813. The van der Waals surface area contributed by atoms with E-state index in [1.807, 2.05) is 54.6 Å². The molecule has 2 aliphatic rings. The third-order valence-electron chi connectivity index (χ3n) is 10.8. The van der Waals surface area contributed by atoms with Crippen LogP contribution in [-0.4, -0.2) is 73.4 Å². The van der Waals surface area contributed by atoms with Crippen LogP contribution in [0.1, 0.15) is 56.7 Å². The fraction of sp³-hybridized carbons (Fsp3) is 0.364. The van der Waals surface area contributed by atoms with Gasteiger partial charge in [-0.25, -0.2) is 0 Å². The molecular formula is C44H44F3N5O5S. The van der Waals surface area contributed by atoms with E-state index in [1.54, 1.807) is 38.0 Å². The molecule has 2 aliphatic heterocycles. The minimum Gasteiger partial charge on any atom is -0.494 e. The molecule has 0 spiro atoms. The minimum atomic E-state index is -4.77. The number of anilines is 3. The van der Waals surface area contributed by atoms with Gasteiger partial charge in [-0.3, -0.25) is 19.4 Å². The quantitative estimate of drug-likeness (QED) is 0.0651. The van der Waals surface area contributed by atoms with Crippen LogP contribution in [0.3, 0.4) is 0 Å². The number of nitriles is 1. The van der Waals surface area contributed by atoms with Crippen molar-refractivity contribution in [3.05, 3.63) is 95.7 Å². The van der Waals surface area contributed by atoms with E-state index in [2.05, 4.69) is 9.80 Å². The van der Waals surface area contributed by atoms with Gasteiger partial charge in [0.25, 0.3) is 5.91 Å². The van der Waals surface area contributed by atoms with Crippen molar-refractivity contribution in [2.75, 3.05) is 60.6 Å². The van der Waals surface area contributed by atoms with Gasteiger partial charge in [-0.05, 0) is 136 Å². The number of rotatable bonds is 13. The van der Waals surface area contributed by atoms with Crippen LogP contribution in [0, 0.1) is 11.3 Å². The van der Waals surface area contributed by atoms with E-state index >= 15 is 0 Å². The van der Waals surface area contributed by atoms with Gasteiger partial charge >= 0.3 is 12.1 Å². The number of ether oxygens (including phenoxy) is 2. The molecule has 1 amide bonds. The van der Waals surface area contributed by atoms with Gasteiger partial charge < -0.3 is 23.7 Å². The van der Waals surface area contributed by atoms with Crippen molar-refractivity contribution in [2.24, 2.45) is 0 Å². The van der Waals surface area contributed by atoms with Crippen molar-refractivity contribution in [1.82, 2.24) is 4.90 Å². The summed E-state index contributed by atoms with van der Waals surface area (Å²) in [4.78, 5) is 33.3. The smallest absolute Gasteiger partial charge is 0.417 e. The Morgan fingerprint density at radius 1 is 0.931 bits per heavy atom. The van der Waals surface area contributed by atoms with Crippen molar-refractivity contribution in [3.8, 4) is 11.8 Å². The number of hydrogen-bond acceptors (Lipinski definition) is 9. The molecule has 2 saturated heterocycles. The highest BCUT2D eigenvalue weighted by Gasteiger charge is 2.50. The Morgan fingerprint density at radius 2 is 1.66 bits per heavy atom. The number of furan rings is 1. The third-order valence-corrected chi connectivity index (χ3v) is 11.2. The standard InChI is InChI=1S/C44H44F3N5O5S/c1-4-55-39(53)25-31-28-57-38-17-9-29-24-35(15-16-36(29)40(31)38)56-23-7-5-6-18-49-19-21-50(22-20-49)32-11-13-33(14-12-32)52-42(58)51(41(54)43(52,2)3)34-10-8-30(27-48)37(26-34)44(45,46)47/h8-17,24,26,28H,4-7,18-23,25H2,1-3H3. The molecule has 0 saturated carbocycles. The summed E-state index contributed by atoms with van der Waals surface area (Å²) in [6, 6.07) is 22.4. The monoisotopic (exact) mass is 811 g/mol. The topological polar surface area (TPSA) is 102 Å². The third kappa shape index (κ3) is 8.19. The molecule has 14 heteroatoms. The number of amides is 1. The first-order valence-electron chi connectivity index (χ1n) is 19.4. The number of unbranched alkanes of at least 4 members (excludes halogenated alkanes) is 2. The molecule has 58 heavy (non-hydrogen) atoms. The second-order valence-corrected chi connectivity index (χ2v) is 15.3. The van der Waals surface area contributed by atoms with Crippen LogP contribution in [0.4, 0.5) is 30.2 Å². The lowest BCUT2D eigenvalue weighted by atomic mass is 10.0. The maximum absolute atomic E-state index is 13.7. The lowest BCUT2D eigenvalue weighted by molar-refractivity contribution is -0.142. The lowest BCUT2D eigenvalue weighted by Gasteiger charge is -2.36. The zero-order chi connectivity index (χ0) is 41.2. The number of piperazine rings is 1. The van der Waals surface area contributed by atoms with Gasteiger partial charge in [-0.1, -0.05) is 6.07 Å². The molecule has 7 rings (SSSR count). The number of carbonyl (C=O) groups excluding carboxylic acids is 2. The van der Waals surface area contributed by atoms with Gasteiger partial charge in [0.15, 0.2) is 5.11 Å². The first-order valence-corrected chi connectivity index (χ1v) is 19.8. The fourth-order valence-electron chi connectivity index (χ4n) is 7.80. The van der Waals surface area contributed by atoms with Crippen LogP contribution >= 0.6 is 12.2 Å². The van der Waals surface area contributed by atoms with Crippen molar-refractivity contribution in [1.29, 1.82) is 5.26 Å². The summed E-state index contributed by atoms with van der Waals surface area (Å²) < 4.78 is 58.1. The molecule has 0 unspecified atom stereocenters. The number of hydrogen-bond donors (Lipinski definition) is 0. The number of thiocarbonyl (C=S) groups is 1. The van der Waals surface area contributed by atoms with Crippen LogP contribution in [0.15, 0.2) is 83.5 Å². The van der Waals surface area contributed by atoms with E-state index in [0.717, 1.165) is 108 Å². The molecule has 2 fully saturated rings. The van der Waals surface area contributed by atoms with Crippen LogP contribution in [0.5, 0.6) is 5.75 Å². The van der Waals surface area contributed by atoms with Gasteiger partial charge in [0.2, 0.25) is 0 Å². The Balaban J connectivity index is 0.870. The zero-order valence-corrected chi connectivity index (χ0v) is 33.4. The Morgan fingerprint density at radius 3 is 2.36 bits per heavy atom. The number of benzene rings is 4. The lowest BCUT2D eigenvalue weighted by Crippen LogP contribution is -2.46. The van der Waals surface area contributed by atoms with Gasteiger partial charge in [0.05, 0.1) is 48.8 Å². The Bertz CT molecular complexity index is 2380. The fourth-order valence-corrected chi connectivity index (χ4v) is 8.33. The molecular weight excluding hydrogens is 768 g/mol. The highest BCUT2D eigenvalue weighted by atomic mass is 32.1. The van der Waals surface area contributed by atoms with Gasteiger partial charge in [0.1, 0.15) is 16.9 Å². The average Bonchev–Trinajstić information content (AvgIpc) is 3.69. The van der Waals surface area contributed by atoms with E-state index in [0.29, 0.717) is 18.9 Å². The highest BCUT2D eigenvalue weighted by Crippen LogP contribution is 2.40. The predicted molar refractivity (Wildman–Crippen MR) is 221 cm³/mol.